The lowest BCUT2D eigenvalue weighted by Crippen LogP contribution is -2.42. The first-order valence-electron chi connectivity index (χ1n) is 9.88. The van der Waals surface area contributed by atoms with Crippen LogP contribution in [0.3, 0.4) is 0 Å². The molecule has 9 heteroatoms. The fourth-order valence-electron chi connectivity index (χ4n) is 2.94. The Balaban J connectivity index is 1.95. The number of hydrogen-bond donors (Lipinski definition) is 2. The molecule has 29 heavy (non-hydrogen) atoms. The molecule has 1 unspecified atom stereocenters. The van der Waals surface area contributed by atoms with Gasteiger partial charge in [-0.25, -0.2) is 4.99 Å². The summed E-state index contributed by atoms with van der Waals surface area (Å²) in [5.41, 5.74) is 2.05. The van der Waals surface area contributed by atoms with Crippen molar-refractivity contribution in [2.75, 3.05) is 46.4 Å². The Morgan fingerprint density at radius 3 is 2.79 bits per heavy atom. The van der Waals surface area contributed by atoms with Gasteiger partial charge < -0.3 is 20.1 Å². The van der Waals surface area contributed by atoms with Gasteiger partial charge in [-0.05, 0) is 32.5 Å². The van der Waals surface area contributed by atoms with Crippen LogP contribution in [0, 0.1) is 6.92 Å². The number of guanidine groups is 1. The Hall–Kier alpha value is -2.00. The molecule has 0 spiro atoms. The number of hydrogen-bond acceptors (Lipinski definition) is 4. The Morgan fingerprint density at radius 2 is 2.14 bits per heavy atom. The summed E-state index contributed by atoms with van der Waals surface area (Å²) in [6.07, 6.45) is -3.28. The molecular weight excluding hydrogens is 385 g/mol. The van der Waals surface area contributed by atoms with Crippen LogP contribution in [-0.4, -0.2) is 69.6 Å². The minimum absolute atomic E-state index is 0.0510. The molecule has 0 aliphatic carbocycles. The van der Waals surface area contributed by atoms with Gasteiger partial charge in [0.05, 0.1) is 26.3 Å². The van der Waals surface area contributed by atoms with E-state index in [1.54, 1.807) is 0 Å². The van der Waals surface area contributed by atoms with Gasteiger partial charge in [0.15, 0.2) is 5.96 Å². The second-order valence-corrected chi connectivity index (χ2v) is 7.19. The zero-order chi connectivity index (χ0) is 21.3. The van der Waals surface area contributed by atoms with Gasteiger partial charge in [0.25, 0.3) is 0 Å². The Bertz CT molecular complexity index is 662. The molecule has 1 saturated heterocycles. The molecule has 1 aromatic rings. The smallest absolute Gasteiger partial charge is 0.401 e. The molecule has 6 nitrogen and oxygen atoms in total. The van der Waals surface area contributed by atoms with Crippen LogP contribution in [0.5, 0.6) is 5.75 Å². The van der Waals surface area contributed by atoms with Crippen molar-refractivity contribution >= 4 is 5.96 Å². The van der Waals surface area contributed by atoms with E-state index in [-0.39, 0.29) is 12.6 Å². The van der Waals surface area contributed by atoms with E-state index < -0.39 is 12.7 Å². The summed E-state index contributed by atoms with van der Waals surface area (Å²) >= 11 is 0. The minimum atomic E-state index is -4.19. The fourth-order valence-corrected chi connectivity index (χ4v) is 2.94. The molecule has 0 radical (unpaired) electrons. The molecule has 2 N–H and O–H groups in total. The lowest BCUT2D eigenvalue weighted by Gasteiger charge is -2.19. The summed E-state index contributed by atoms with van der Waals surface area (Å²) in [5.74, 6) is 1.36. The van der Waals surface area contributed by atoms with Gasteiger partial charge in [-0.2, -0.15) is 13.2 Å². The number of nitrogens with zero attached hydrogens (tertiary/aromatic N) is 2. The van der Waals surface area contributed by atoms with E-state index in [2.05, 4.69) is 15.6 Å². The number of benzene rings is 1. The first kappa shape index (κ1) is 23.3. The highest BCUT2D eigenvalue weighted by molar-refractivity contribution is 5.79. The molecule has 1 aliphatic rings. The number of rotatable bonds is 9. The molecule has 0 saturated carbocycles. The maximum Gasteiger partial charge on any atom is 0.401 e. The van der Waals surface area contributed by atoms with E-state index in [0.29, 0.717) is 38.8 Å². The van der Waals surface area contributed by atoms with Crippen molar-refractivity contribution < 1.29 is 22.6 Å². The Labute approximate surface area is 170 Å². The Kier molecular flexibility index (Phi) is 9.03. The molecule has 1 atom stereocenters. The van der Waals surface area contributed by atoms with Crippen LogP contribution in [0.1, 0.15) is 24.5 Å². The van der Waals surface area contributed by atoms with Crippen molar-refractivity contribution in [3.05, 3.63) is 29.3 Å². The topological polar surface area (TPSA) is 58.1 Å². The quantitative estimate of drug-likeness (QED) is 0.479. The van der Waals surface area contributed by atoms with Crippen molar-refractivity contribution in [1.29, 1.82) is 0 Å². The third-order valence-electron chi connectivity index (χ3n) is 4.39. The van der Waals surface area contributed by atoms with E-state index >= 15 is 0 Å². The minimum Gasteiger partial charge on any atom is -0.488 e. The third kappa shape index (κ3) is 8.91. The third-order valence-corrected chi connectivity index (χ3v) is 4.39. The van der Waals surface area contributed by atoms with Crippen molar-refractivity contribution in [3.63, 3.8) is 0 Å². The molecular formula is C20H31F3N4O2. The first-order chi connectivity index (χ1) is 13.8. The van der Waals surface area contributed by atoms with E-state index in [1.807, 2.05) is 32.0 Å². The van der Waals surface area contributed by atoms with Crippen LogP contribution in [0.25, 0.3) is 0 Å². The van der Waals surface area contributed by atoms with E-state index in [9.17, 15) is 13.2 Å². The lowest BCUT2D eigenvalue weighted by molar-refractivity contribution is -0.142. The van der Waals surface area contributed by atoms with E-state index in [0.717, 1.165) is 23.3 Å². The highest BCUT2D eigenvalue weighted by atomic mass is 19.4. The number of aliphatic imine (C=N–C) groups is 1. The van der Waals surface area contributed by atoms with E-state index in [4.69, 9.17) is 9.47 Å². The van der Waals surface area contributed by atoms with Crippen molar-refractivity contribution in [2.45, 2.75) is 39.1 Å². The largest absolute Gasteiger partial charge is 0.488 e. The molecule has 1 aliphatic heterocycles. The number of ether oxygens (including phenoxy) is 2. The number of halogens is 3. The second-order valence-electron chi connectivity index (χ2n) is 7.19. The number of nitrogens with one attached hydrogen (secondary N) is 2. The van der Waals surface area contributed by atoms with Crippen LogP contribution in [0.4, 0.5) is 13.2 Å². The lowest BCUT2D eigenvalue weighted by atomic mass is 10.1. The highest BCUT2D eigenvalue weighted by Gasteiger charge is 2.28. The predicted octanol–water partition coefficient (Wildman–Crippen LogP) is 2.71. The zero-order valence-corrected chi connectivity index (χ0v) is 17.3. The van der Waals surface area contributed by atoms with E-state index in [1.165, 1.54) is 11.9 Å². The highest BCUT2D eigenvalue weighted by Crippen LogP contribution is 2.24. The van der Waals surface area contributed by atoms with Crippen LogP contribution in [0.15, 0.2) is 23.2 Å². The normalized spacial score (nSPS) is 17.6. The SMILES string of the molecule is CCNC(=NCc1ccc(C)cc1OC1CCOC1)NCCN(C)CC(F)(F)F. The van der Waals surface area contributed by atoms with Gasteiger partial charge in [-0.15, -0.1) is 0 Å². The first-order valence-corrected chi connectivity index (χ1v) is 9.88. The molecule has 0 aromatic heterocycles. The zero-order valence-electron chi connectivity index (χ0n) is 17.3. The standard InChI is InChI=1S/C20H31F3N4O2/c1-4-24-19(25-8-9-27(3)14-20(21,22)23)26-12-16-6-5-15(2)11-18(16)29-17-7-10-28-13-17/h5-6,11,17H,4,7-10,12-14H2,1-3H3,(H2,24,25,26). The maximum absolute atomic E-state index is 12.4. The predicted molar refractivity (Wildman–Crippen MR) is 107 cm³/mol. The summed E-state index contributed by atoms with van der Waals surface area (Å²) < 4.78 is 48.7. The maximum atomic E-state index is 12.4. The summed E-state index contributed by atoms with van der Waals surface area (Å²) in [5, 5.41) is 6.20. The molecule has 0 amide bonds. The number of aryl methyl sites for hydroxylation is 1. The average Bonchev–Trinajstić information content (AvgIpc) is 3.12. The average molecular weight is 416 g/mol. The molecule has 1 heterocycles. The van der Waals surface area contributed by atoms with Crippen LogP contribution >= 0.6 is 0 Å². The summed E-state index contributed by atoms with van der Waals surface area (Å²) in [7, 11) is 1.45. The van der Waals surface area contributed by atoms with Crippen LogP contribution in [-0.2, 0) is 11.3 Å². The Morgan fingerprint density at radius 1 is 1.34 bits per heavy atom. The summed E-state index contributed by atoms with van der Waals surface area (Å²) in [6.45, 7) is 5.98. The molecule has 2 rings (SSSR count). The molecule has 0 bridgehead atoms. The summed E-state index contributed by atoms with van der Waals surface area (Å²) in [4.78, 5) is 5.79. The van der Waals surface area contributed by atoms with Gasteiger partial charge in [0.2, 0.25) is 0 Å². The van der Waals surface area contributed by atoms with Crippen molar-refractivity contribution in [1.82, 2.24) is 15.5 Å². The second kappa shape index (κ2) is 11.3. The molecule has 164 valence electrons. The van der Waals surface area contributed by atoms with Gasteiger partial charge in [0, 0.05) is 31.6 Å². The van der Waals surface area contributed by atoms with Gasteiger partial charge >= 0.3 is 6.18 Å². The monoisotopic (exact) mass is 416 g/mol. The number of alkyl halides is 3. The fraction of sp³-hybridized carbons (Fsp3) is 0.650. The van der Waals surface area contributed by atoms with Crippen LogP contribution < -0.4 is 15.4 Å². The van der Waals surface area contributed by atoms with Gasteiger partial charge in [-0.1, -0.05) is 12.1 Å². The molecule has 1 aromatic carbocycles. The summed E-state index contributed by atoms with van der Waals surface area (Å²) in [6, 6.07) is 6.00. The van der Waals surface area contributed by atoms with Gasteiger partial charge in [-0.3, -0.25) is 4.90 Å². The van der Waals surface area contributed by atoms with Crippen molar-refractivity contribution in [3.8, 4) is 5.75 Å². The van der Waals surface area contributed by atoms with Gasteiger partial charge in [0.1, 0.15) is 11.9 Å². The van der Waals surface area contributed by atoms with Crippen LogP contribution in [0.2, 0.25) is 0 Å². The van der Waals surface area contributed by atoms with Crippen molar-refractivity contribution in [2.24, 2.45) is 4.99 Å². The number of likely N-dealkylation sites (N-methyl/N-ethyl adjacent to an activating group) is 1. The molecule has 1 fully saturated rings.